The van der Waals surface area contributed by atoms with Gasteiger partial charge in [-0.25, -0.2) is 4.39 Å². The molecular weight excluding hydrogens is 288 g/mol. The summed E-state index contributed by atoms with van der Waals surface area (Å²) in [5.41, 5.74) is -1.76. The lowest BCUT2D eigenvalue weighted by atomic mass is 10.1. The average molecular weight is 299 g/mol. The number of nitrogens with one attached hydrogen (secondary N) is 2. The Labute approximate surface area is 117 Å². The first-order chi connectivity index (χ1) is 9.88. The Kier molecular flexibility index (Phi) is 4.10. The van der Waals surface area contributed by atoms with Gasteiger partial charge in [0.2, 0.25) is 11.7 Å². The summed E-state index contributed by atoms with van der Waals surface area (Å²) in [6.45, 7) is -0.382. The molecule has 2 rings (SSSR count). The predicted octanol–water partition coefficient (Wildman–Crippen LogP) is 0.881. The van der Waals surface area contributed by atoms with Crippen LogP contribution in [0.1, 0.15) is 23.2 Å². The Morgan fingerprint density at radius 2 is 1.95 bits per heavy atom. The van der Waals surface area contributed by atoms with E-state index in [2.05, 4.69) is 10.6 Å². The third-order valence-corrected chi connectivity index (χ3v) is 2.83. The van der Waals surface area contributed by atoms with Crippen LogP contribution in [0.15, 0.2) is 12.1 Å². The van der Waals surface area contributed by atoms with E-state index in [4.69, 9.17) is 0 Å². The second kappa shape index (κ2) is 5.81. The SMILES string of the molecule is O=C(CNC(=O)c1cc(F)c([N+](=O)[O-])cc1F)NC1CC1. The molecule has 1 aliphatic rings. The molecule has 2 amide bonds. The van der Waals surface area contributed by atoms with Crippen LogP contribution in [0.5, 0.6) is 0 Å². The lowest BCUT2D eigenvalue weighted by Gasteiger charge is -2.07. The van der Waals surface area contributed by atoms with E-state index >= 15 is 0 Å². The first-order valence-electron chi connectivity index (χ1n) is 6.09. The highest BCUT2D eigenvalue weighted by Gasteiger charge is 2.24. The molecule has 0 saturated heterocycles. The third-order valence-electron chi connectivity index (χ3n) is 2.83. The highest BCUT2D eigenvalue weighted by atomic mass is 19.1. The van der Waals surface area contributed by atoms with Gasteiger partial charge in [0.05, 0.1) is 23.1 Å². The van der Waals surface area contributed by atoms with E-state index in [1.54, 1.807) is 0 Å². The number of carbonyl (C=O) groups is 2. The predicted molar refractivity (Wildman–Crippen MR) is 66.5 cm³/mol. The number of carbonyl (C=O) groups excluding carboxylic acids is 2. The molecular formula is C12H11F2N3O4. The molecule has 1 fully saturated rings. The number of hydrogen-bond acceptors (Lipinski definition) is 4. The molecule has 1 saturated carbocycles. The zero-order chi connectivity index (χ0) is 15.6. The number of rotatable bonds is 5. The van der Waals surface area contributed by atoms with Crippen LogP contribution in [0.4, 0.5) is 14.5 Å². The van der Waals surface area contributed by atoms with Crippen molar-refractivity contribution in [2.24, 2.45) is 0 Å². The number of nitro benzene ring substituents is 1. The summed E-state index contributed by atoms with van der Waals surface area (Å²) in [5.74, 6) is -4.02. The fraction of sp³-hybridized carbons (Fsp3) is 0.333. The van der Waals surface area contributed by atoms with Crippen LogP contribution in [0.2, 0.25) is 0 Å². The van der Waals surface area contributed by atoms with Crippen molar-refractivity contribution >= 4 is 17.5 Å². The van der Waals surface area contributed by atoms with Gasteiger partial charge in [0.25, 0.3) is 5.91 Å². The van der Waals surface area contributed by atoms with Gasteiger partial charge in [0, 0.05) is 6.04 Å². The maximum Gasteiger partial charge on any atom is 0.307 e. The van der Waals surface area contributed by atoms with Crippen molar-refractivity contribution in [1.82, 2.24) is 10.6 Å². The molecule has 1 aromatic rings. The first kappa shape index (κ1) is 14.8. The third kappa shape index (κ3) is 3.71. The number of amides is 2. The van der Waals surface area contributed by atoms with Crippen molar-refractivity contribution in [2.75, 3.05) is 6.54 Å². The van der Waals surface area contributed by atoms with E-state index in [9.17, 15) is 28.5 Å². The highest BCUT2D eigenvalue weighted by molar-refractivity contribution is 5.97. The lowest BCUT2D eigenvalue weighted by Crippen LogP contribution is -2.38. The van der Waals surface area contributed by atoms with Crippen LogP contribution < -0.4 is 10.6 Å². The fourth-order valence-electron chi connectivity index (χ4n) is 1.61. The van der Waals surface area contributed by atoms with Gasteiger partial charge in [0.15, 0.2) is 0 Å². The van der Waals surface area contributed by atoms with Crippen molar-refractivity contribution < 1.29 is 23.3 Å². The minimum atomic E-state index is -1.33. The van der Waals surface area contributed by atoms with Crippen LogP contribution in [0.3, 0.4) is 0 Å². The highest BCUT2D eigenvalue weighted by Crippen LogP contribution is 2.21. The van der Waals surface area contributed by atoms with Gasteiger partial charge >= 0.3 is 5.69 Å². The van der Waals surface area contributed by atoms with Crippen LogP contribution in [0, 0.1) is 21.7 Å². The molecule has 21 heavy (non-hydrogen) atoms. The summed E-state index contributed by atoms with van der Waals surface area (Å²) in [6, 6.07) is 0.874. The molecule has 0 spiro atoms. The number of benzene rings is 1. The van der Waals surface area contributed by atoms with E-state index in [1.807, 2.05) is 0 Å². The summed E-state index contributed by atoms with van der Waals surface area (Å²) in [5, 5.41) is 15.1. The van der Waals surface area contributed by atoms with Crippen LogP contribution >= 0.6 is 0 Å². The van der Waals surface area contributed by atoms with Crippen molar-refractivity contribution in [2.45, 2.75) is 18.9 Å². The van der Waals surface area contributed by atoms with Gasteiger partial charge in [-0.2, -0.15) is 4.39 Å². The second-order valence-electron chi connectivity index (χ2n) is 4.57. The molecule has 112 valence electrons. The summed E-state index contributed by atoms with van der Waals surface area (Å²) in [6.07, 6.45) is 1.75. The minimum Gasteiger partial charge on any atom is -0.352 e. The van der Waals surface area contributed by atoms with Crippen LogP contribution in [0.25, 0.3) is 0 Å². The molecule has 2 N–H and O–H groups in total. The van der Waals surface area contributed by atoms with E-state index < -0.39 is 39.6 Å². The summed E-state index contributed by atoms with van der Waals surface area (Å²) < 4.78 is 26.9. The smallest absolute Gasteiger partial charge is 0.307 e. The summed E-state index contributed by atoms with van der Waals surface area (Å²) in [7, 11) is 0. The van der Waals surface area contributed by atoms with Crippen molar-refractivity contribution in [3.05, 3.63) is 39.4 Å². The molecule has 9 heteroatoms. The molecule has 0 heterocycles. The standard InChI is InChI=1S/C12H11F2N3O4/c13-8-4-10(17(20)21)9(14)3-7(8)12(19)15-5-11(18)16-6-1-2-6/h3-4,6H,1-2,5H2,(H,15,19)(H,16,18). The Balaban J connectivity index is 2.02. The van der Waals surface area contributed by atoms with E-state index in [0.29, 0.717) is 12.1 Å². The van der Waals surface area contributed by atoms with Gasteiger partial charge in [-0.3, -0.25) is 19.7 Å². The number of nitro groups is 1. The molecule has 0 atom stereocenters. The minimum absolute atomic E-state index is 0.114. The van der Waals surface area contributed by atoms with Crippen LogP contribution in [-0.2, 0) is 4.79 Å². The van der Waals surface area contributed by atoms with Gasteiger partial charge < -0.3 is 10.6 Å². The molecule has 1 aliphatic carbocycles. The lowest BCUT2D eigenvalue weighted by molar-refractivity contribution is -0.387. The second-order valence-corrected chi connectivity index (χ2v) is 4.57. The molecule has 1 aromatic carbocycles. The molecule has 0 unspecified atom stereocenters. The van der Waals surface area contributed by atoms with Gasteiger partial charge in [-0.15, -0.1) is 0 Å². The van der Waals surface area contributed by atoms with Gasteiger partial charge in [-0.1, -0.05) is 0 Å². The van der Waals surface area contributed by atoms with Crippen molar-refractivity contribution in [1.29, 1.82) is 0 Å². The quantitative estimate of drug-likeness (QED) is 0.622. The van der Waals surface area contributed by atoms with Crippen molar-refractivity contribution in [3.63, 3.8) is 0 Å². The average Bonchev–Trinajstić information content (AvgIpc) is 3.21. The normalized spacial score (nSPS) is 13.6. The van der Waals surface area contributed by atoms with Gasteiger partial charge in [0.1, 0.15) is 5.82 Å². The maximum absolute atomic E-state index is 13.6. The first-order valence-corrected chi connectivity index (χ1v) is 6.09. The van der Waals surface area contributed by atoms with Crippen molar-refractivity contribution in [3.8, 4) is 0 Å². The van der Waals surface area contributed by atoms with E-state index in [1.165, 1.54) is 0 Å². The number of halogens is 2. The molecule has 0 aromatic heterocycles. The Bertz CT molecular complexity index is 617. The zero-order valence-electron chi connectivity index (χ0n) is 10.7. The fourth-order valence-corrected chi connectivity index (χ4v) is 1.61. The topological polar surface area (TPSA) is 101 Å². The van der Waals surface area contributed by atoms with E-state index in [0.717, 1.165) is 12.8 Å². The number of hydrogen-bond donors (Lipinski definition) is 2. The zero-order valence-corrected chi connectivity index (χ0v) is 10.7. The molecule has 0 radical (unpaired) electrons. The Morgan fingerprint density at radius 1 is 1.29 bits per heavy atom. The summed E-state index contributed by atoms with van der Waals surface area (Å²) >= 11 is 0. The Hall–Kier alpha value is -2.58. The maximum atomic E-state index is 13.6. The van der Waals surface area contributed by atoms with E-state index in [-0.39, 0.29) is 12.6 Å². The molecule has 0 aliphatic heterocycles. The molecule has 0 bridgehead atoms. The largest absolute Gasteiger partial charge is 0.352 e. The monoisotopic (exact) mass is 299 g/mol. The summed E-state index contributed by atoms with van der Waals surface area (Å²) in [4.78, 5) is 32.3. The molecule has 7 nitrogen and oxygen atoms in total. The van der Waals surface area contributed by atoms with Gasteiger partial charge in [-0.05, 0) is 18.9 Å². The van der Waals surface area contributed by atoms with Crippen LogP contribution in [-0.4, -0.2) is 29.3 Å². The Morgan fingerprint density at radius 3 is 2.52 bits per heavy atom. The number of nitrogens with zero attached hydrogens (tertiary/aromatic N) is 1.